The molecule has 2 aromatic heterocycles. The van der Waals surface area contributed by atoms with E-state index < -0.39 is 6.36 Å². The third kappa shape index (κ3) is 4.17. The van der Waals surface area contributed by atoms with Crippen LogP contribution in [-0.4, -0.2) is 25.9 Å². The summed E-state index contributed by atoms with van der Waals surface area (Å²) in [5, 5.41) is 7.17. The maximum atomic E-state index is 12.5. The Kier molecular flexibility index (Phi) is 4.73. The van der Waals surface area contributed by atoms with Crippen LogP contribution < -0.4 is 10.1 Å². The number of fused-ring (bicyclic) bond motifs is 1. The molecule has 0 radical (unpaired) electrons. The van der Waals surface area contributed by atoms with Gasteiger partial charge in [-0.2, -0.15) is 14.6 Å². The van der Waals surface area contributed by atoms with E-state index in [2.05, 4.69) is 25.1 Å². The quantitative estimate of drug-likeness (QED) is 0.735. The normalized spacial score (nSPS) is 11.7. The van der Waals surface area contributed by atoms with Crippen molar-refractivity contribution in [1.82, 2.24) is 19.6 Å². The lowest BCUT2D eigenvalue weighted by Crippen LogP contribution is -2.18. The number of ether oxygens (including phenoxy) is 1. The highest BCUT2D eigenvalue weighted by molar-refractivity contribution is 5.46. The van der Waals surface area contributed by atoms with Crippen LogP contribution >= 0.6 is 0 Å². The standard InChI is InChI=1S/C16H16F3N5O/c1-2-5-12-8-14(24-15(23-12)21-10-22-24)20-9-11-6-3-4-7-13(11)25-16(17,18)19/h3-4,6-8,10,20H,2,5,9H2,1H3. The SMILES string of the molecule is CCCc1cc(NCc2ccccc2OC(F)(F)F)n2ncnc2n1. The highest BCUT2D eigenvalue weighted by Gasteiger charge is 2.31. The number of para-hydroxylation sites is 1. The van der Waals surface area contributed by atoms with Gasteiger partial charge in [-0.15, -0.1) is 13.2 Å². The Bertz CT molecular complexity index is 862. The number of aryl methyl sites for hydroxylation is 1. The van der Waals surface area contributed by atoms with E-state index in [1.54, 1.807) is 12.1 Å². The number of rotatable bonds is 6. The molecule has 0 saturated heterocycles. The van der Waals surface area contributed by atoms with Crippen LogP contribution in [0.15, 0.2) is 36.7 Å². The van der Waals surface area contributed by atoms with Gasteiger partial charge < -0.3 is 10.1 Å². The molecule has 0 fully saturated rings. The van der Waals surface area contributed by atoms with Crippen molar-refractivity contribution < 1.29 is 17.9 Å². The fourth-order valence-electron chi connectivity index (χ4n) is 2.43. The molecule has 0 aliphatic heterocycles. The zero-order valence-electron chi connectivity index (χ0n) is 13.4. The summed E-state index contributed by atoms with van der Waals surface area (Å²) in [7, 11) is 0. The molecule has 1 aromatic carbocycles. The maximum Gasteiger partial charge on any atom is 0.573 e. The van der Waals surface area contributed by atoms with E-state index in [1.807, 2.05) is 13.0 Å². The lowest BCUT2D eigenvalue weighted by Gasteiger charge is -2.14. The summed E-state index contributed by atoms with van der Waals surface area (Å²) in [6, 6.07) is 7.82. The van der Waals surface area contributed by atoms with E-state index in [4.69, 9.17) is 0 Å². The van der Waals surface area contributed by atoms with Crippen molar-refractivity contribution in [2.75, 3.05) is 5.32 Å². The Balaban J connectivity index is 1.85. The predicted octanol–water partition coefficient (Wildman–Crippen LogP) is 3.59. The summed E-state index contributed by atoms with van der Waals surface area (Å²) in [4.78, 5) is 8.45. The van der Waals surface area contributed by atoms with Crippen LogP contribution in [0.25, 0.3) is 5.78 Å². The molecular weight excluding hydrogens is 335 g/mol. The molecule has 0 spiro atoms. The number of hydrogen-bond acceptors (Lipinski definition) is 5. The smallest absolute Gasteiger partial charge is 0.405 e. The Morgan fingerprint density at radius 3 is 2.80 bits per heavy atom. The summed E-state index contributed by atoms with van der Waals surface area (Å²) in [5.74, 6) is 0.807. The van der Waals surface area contributed by atoms with Gasteiger partial charge in [0.1, 0.15) is 17.9 Å². The summed E-state index contributed by atoms with van der Waals surface area (Å²) >= 11 is 0. The second-order valence-electron chi connectivity index (χ2n) is 5.36. The van der Waals surface area contributed by atoms with Crippen molar-refractivity contribution in [3.8, 4) is 5.75 Å². The number of anilines is 1. The molecule has 2 heterocycles. The van der Waals surface area contributed by atoms with E-state index in [9.17, 15) is 13.2 Å². The highest BCUT2D eigenvalue weighted by atomic mass is 19.4. The second kappa shape index (κ2) is 6.96. The van der Waals surface area contributed by atoms with Crippen LogP contribution in [0, 0.1) is 0 Å². The number of alkyl halides is 3. The number of nitrogens with zero attached hydrogens (tertiary/aromatic N) is 4. The van der Waals surface area contributed by atoms with Crippen molar-refractivity contribution in [1.29, 1.82) is 0 Å². The van der Waals surface area contributed by atoms with Crippen molar-refractivity contribution in [3.05, 3.63) is 47.9 Å². The van der Waals surface area contributed by atoms with E-state index in [0.717, 1.165) is 18.5 Å². The molecule has 0 amide bonds. The average molecular weight is 351 g/mol. The first kappa shape index (κ1) is 17.0. The minimum Gasteiger partial charge on any atom is -0.405 e. The minimum absolute atomic E-state index is 0.136. The minimum atomic E-state index is -4.74. The summed E-state index contributed by atoms with van der Waals surface area (Å²) in [6.45, 7) is 2.17. The molecule has 0 aliphatic carbocycles. The van der Waals surface area contributed by atoms with Gasteiger partial charge in [-0.25, -0.2) is 4.98 Å². The van der Waals surface area contributed by atoms with Gasteiger partial charge in [0.05, 0.1) is 0 Å². The first-order valence-corrected chi connectivity index (χ1v) is 7.73. The van der Waals surface area contributed by atoms with Crippen molar-refractivity contribution in [3.63, 3.8) is 0 Å². The molecular formula is C16H16F3N5O. The fourth-order valence-corrected chi connectivity index (χ4v) is 2.43. The second-order valence-corrected chi connectivity index (χ2v) is 5.36. The summed E-state index contributed by atoms with van der Waals surface area (Å²) < 4.78 is 43.1. The van der Waals surface area contributed by atoms with Gasteiger partial charge in [-0.1, -0.05) is 31.5 Å². The third-order valence-electron chi connectivity index (χ3n) is 3.47. The van der Waals surface area contributed by atoms with E-state index in [1.165, 1.54) is 23.0 Å². The zero-order chi connectivity index (χ0) is 17.9. The highest BCUT2D eigenvalue weighted by Crippen LogP contribution is 2.27. The zero-order valence-corrected chi connectivity index (χ0v) is 13.4. The fraction of sp³-hybridized carbons (Fsp3) is 0.312. The number of aromatic nitrogens is 4. The Morgan fingerprint density at radius 1 is 1.24 bits per heavy atom. The topological polar surface area (TPSA) is 64.3 Å². The summed E-state index contributed by atoms with van der Waals surface area (Å²) in [6.07, 6.45) is -1.67. The number of benzene rings is 1. The molecule has 3 rings (SSSR count). The van der Waals surface area contributed by atoms with Crippen LogP contribution in [0.3, 0.4) is 0 Å². The van der Waals surface area contributed by atoms with Gasteiger partial charge in [-0.05, 0) is 12.5 Å². The Morgan fingerprint density at radius 2 is 2.04 bits per heavy atom. The van der Waals surface area contributed by atoms with Crippen LogP contribution in [0.5, 0.6) is 5.75 Å². The molecule has 132 valence electrons. The van der Waals surface area contributed by atoms with E-state index in [-0.39, 0.29) is 12.3 Å². The van der Waals surface area contributed by atoms with Crippen LogP contribution in [0.4, 0.5) is 19.0 Å². The van der Waals surface area contributed by atoms with Crippen LogP contribution in [-0.2, 0) is 13.0 Å². The first-order valence-electron chi connectivity index (χ1n) is 7.73. The predicted molar refractivity (Wildman–Crippen MR) is 85.2 cm³/mol. The number of nitrogens with one attached hydrogen (secondary N) is 1. The molecule has 0 saturated carbocycles. The van der Waals surface area contributed by atoms with Gasteiger partial charge >= 0.3 is 6.36 Å². The first-order chi connectivity index (χ1) is 12.0. The van der Waals surface area contributed by atoms with Crippen LogP contribution in [0.1, 0.15) is 24.6 Å². The Labute approximate surface area is 141 Å². The number of hydrogen-bond donors (Lipinski definition) is 1. The van der Waals surface area contributed by atoms with Crippen molar-refractivity contribution in [2.24, 2.45) is 0 Å². The maximum absolute atomic E-state index is 12.5. The average Bonchev–Trinajstić information content (AvgIpc) is 3.01. The molecule has 25 heavy (non-hydrogen) atoms. The van der Waals surface area contributed by atoms with Crippen molar-refractivity contribution in [2.45, 2.75) is 32.7 Å². The third-order valence-corrected chi connectivity index (χ3v) is 3.47. The van der Waals surface area contributed by atoms with Gasteiger partial charge in [0, 0.05) is 23.9 Å². The molecule has 0 atom stereocenters. The lowest BCUT2D eigenvalue weighted by molar-refractivity contribution is -0.274. The van der Waals surface area contributed by atoms with Crippen LogP contribution in [0.2, 0.25) is 0 Å². The molecule has 6 nitrogen and oxygen atoms in total. The molecule has 3 aromatic rings. The van der Waals surface area contributed by atoms with Crippen molar-refractivity contribution >= 4 is 11.6 Å². The van der Waals surface area contributed by atoms with Gasteiger partial charge in [0.25, 0.3) is 5.78 Å². The van der Waals surface area contributed by atoms with E-state index >= 15 is 0 Å². The number of halogens is 3. The largest absolute Gasteiger partial charge is 0.573 e. The van der Waals surface area contributed by atoms with E-state index in [0.29, 0.717) is 17.2 Å². The molecule has 9 heteroatoms. The Hall–Kier alpha value is -2.84. The molecule has 0 unspecified atom stereocenters. The monoisotopic (exact) mass is 351 g/mol. The van der Waals surface area contributed by atoms with Gasteiger partial charge in [0.2, 0.25) is 0 Å². The van der Waals surface area contributed by atoms with Gasteiger partial charge in [0.15, 0.2) is 0 Å². The van der Waals surface area contributed by atoms with Gasteiger partial charge in [-0.3, -0.25) is 0 Å². The molecule has 1 N–H and O–H groups in total. The summed E-state index contributed by atoms with van der Waals surface area (Å²) in [5.41, 5.74) is 1.22. The molecule has 0 aliphatic rings. The molecule has 0 bridgehead atoms. The lowest BCUT2D eigenvalue weighted by atomic mass is 10.2.